The molecule has 0 saturated carbocycles. The molecule has 1 atom stereocenters. The third-order valence-corrected chi connectivity index (χ3v) is 5.64. The quantitative estimate of drug-likeness (QED) is 0.747. The predicted octanol–water partition coefficient (Wildman–Crippen LogP) is 3.10. The average Bonchev–Trinajstić information content (AvgIpc) is 3.24. The van der Waals surface area contributed by atoms with Crippen LogP contribution in [0.5, 0.6) is 11.5 Å². The SMILES string of the molecule is COc1ccnc(CN2CCCCC2c2nnc(C3CCOCC3)o2)c1OC. The van der Waals surface area contributed by atoms with Gasteiger partial charge in [0.05, 0.1) is 20.3 Å². The first-order chi connectivity index (χ1) is 13.8. The van der Waals surface area contributed by atoms with Crippen molar-refractivity contribution < 1.29 is 18.6 Å². The van der Waals surface area contributed by atoms with Crippen molar-refractivity contribution in [1.82, 2.24) is 20.1 Å². The smallest absolute Gasteiger partial charge is 0.233 e. The van der Waals surface area contributed by atoms with Crippen LogP contribution in [0.1, 0.15) is 61.5 Å². The second-order valence-electron chi connectivity index (χ2n) is 7.34. The molecule has 0 radical (unpaired) electrons. The summed E-state index contributed by atoms with van der Waals surface area (Å²) in [4.78, 5) is 6.89. The Bertz CT molecular complexity index is 775. The minimum absolute atomic E-state index is 0.104. The van der Waals surface area contributed by atoms with Crippen molar-refractivity contribution in [2.24, 2.45) is 0 Å². The summed E-state index contributed by atoms with van der Waals surface area (Å²) >= 11 is 0. The molecule has 28 heavy (non-hydrogen) atoms. The Morgan fingerprint density at radius 1 is 1.07 bits per heavy atom. The normalized spacial score (nSPS) is 21.6. The van der Waals surface area contributed by atoms with E-state index >= 15 is 0 Å². The summed E-state index contributed by atoms with van der Waals surface area (Å²) in [5.74, 6) is 3.15. The van der Waals surface area contributed by atoms with Crippen LogP contribution in [-0.4, -0.2) is 54.1 Å². The molecule has 4 rings (SSSR count). The van der Waals surface area contributed by atoms with E-state index < -0.39 is 0 Å². The van der Waals surface area contributed by atoms with Gasteiger partial charge < -0.3 is 18.6 Å². The number of rotatable bonds is 6. The van der Waals surface area contributed by atoms with E-state index in [2.05, 4.69) is 20.1 Å². The van der Waals surface area contributed by atoms with Crippen molar-refractivity contribution >= 4 is 0 Å². The zero-order valence-electron chi connectivity index (χ0n) is 16.6. The summed E-state index contributed by atoms with van der Waals surface area (Å²) in [6.45, 7) is 3.14. The van der Waals surface area contributed by atoms with Gasteiger partial charge in [-0.2, -0.15) is 0 Å². The average molecular weight is 388 g/mol. The lowest BCUT2D eigenvalue weighted by Crippen LogP contribution is -2.33. The minimum Gasteiger partial charge on any atom is -0.493 e. The van der Waals surface area contributed by atoms with E-state index in [0.29, 0.717) is 29.9 Å². The Morgan fingerprint density at radius 2 is 1.89 bits per heavy atom. The lowest BCUT2D eigenvalue weighted by atomic mass is 10.0. The molecule has 1 unspecified atom stereocenters. The van der Waals surface area contributed by atoms with Gasteiger partial charge in [-0.1, -0.05) is 6.42 Å². The number of hydrogen-bond acceptors (Lipinski definition) is 8. The number of aromatic nitrogens is 3. The highest BCUT2D eigenvalue weighted by atomic mass is 16.5. The lowest BCUT2D eigenvalue weighted by Gasteiger charge is -2.33. The van der Waals surface area contributed by atoms with E-state index in [1.165, 1.54) is 0 Å². The summed E-state index contributed by atoms with van der Waals surface area (Å²) in [6, 6.07) is 1.92. The number of piperidine rings is 1. The largest absolute Gasteiger partial charge is 0.493 e. The first kappa shape index (κ1) is 19.1. The zero-order valence-corrected chi connectivity index (χ0v) is 16.6. The molecule has 8 heteroatoms. The summed E-state index contributed by atoms with van der Waals surface area (Å²) in [7, 11) is 3.29. The van der Waals surface area contributed by atoms with Gasteiger partial charge in [0.25, 0.3) is 0 Å². The van der Waals surface area contributed by atoms with Gasteiger partial charge in [0.2, 0.25) is 11.8 Å². The maximum absolute atomic E-state index is 6.14. The van der Waals surface area contributed by atoms with Gasteiger partial charge >= 0.3 is 0 Å². The Labute approximate surface area is 165 Å². The standard InChI is InChI=1S/C20H28N4O4/c1-25-17-6-9-21-15(18(17)26-2)13-24-10-4-3-5-16(24)20-23-22-19(28-20)14-7-11-27-12-8-14/h6,9,14,16H,3-5,7-8,10-13H2,1-2H3. The number of nitrogens with zero attached hydrogens (tertiary/aromatic N) is 4. The van der Waals surface area contributed by atoms with Crippen molar-refractivity contribution in [3.63, 3.8) is 0 Å². The number of likely N-dealkylation sites (tertiary alicyclic amines) is 1. The van der Waals surface area contributed by atoms with Crippen LogP contribution in [0.2, 0.25) is 0 Å². The van der Waals surface area contributed by atoms with Crippen molar-refractivity contribution in [1.29, 1.82) is 0 Å². The Morgan fingerprint density at radius 3 is 2.68 bits per heavy atom. The molecule has 4 heterocycles. The molecule has 8 nitrogen and oxygen atoms in total. The van der Waals surface area contributed by atoms with Crippen LogP contribution in [0, 0.1) is 0 Å². The van der Waals surface area contributed by atoms with Crippen molar-refractivity contribution in [2.75, 3.05) is 34.0 Å². The third-order valence-electron chi connectivity index (χ3n) is 5.64. The summed E-state index contributed by atoms with van der Waals surface area (Å²) in [5.41, 5.74) is 0.859. The van der Waals surface area contributed by atoms with Crippen LogP contribution in [0.15, 0.2) is 16.7 Å². The third kappa shape index (κ3) is 3.98. The fourth-order valence-corrected chi connectivity index (χ4v) is 4.11. The first-order valence-corrected chi connectivity index (χ1v) is 10.0. The summed E-state index contributed by atoms with van der Waals surface area (Å²) in [6.07, 6.45) is 6.94. The molecule has 2 saturated heterocycles. The van der Waals surface area contributed by atoms with Gasteiger partial charge in [-0.25, -0.2) is 0 Å². The molecule has 0 aromatic carbocycles. The number of methoxy groups -OCH3 is 2. The molecule has 2 aromatic rings. The van der Waals surface area contributed by atoms with Crippen LogP contribution in [-0.2, 0) is 11.3 Å². The van der Waals surface area contributed by atoms with Gasteiger partial charge in [-0.15, -0.1) is 10.2 Å². The monoisotopic (exact) mass is 388 g/mol. The fourth-order valence-electron chi connectivity index (χ4n) is 4.11. The molecular weight excluding hydrogens is 360 g/mol. The summed E-state index contributed by atoms with van der Waals surface area (Å²) < 4.78 is 22.5. The Balaban J connectivity index is 1.53. The Hall–Kier alpha value is -2.19. The molecule has 0 N–H and O–H groups in total. The number of pyridine rings is 1. The van der Waals surface area contributed by atoms with E-state index in [4.69, 9.17) is 18.6 Å². The lowest BCUT2D eigenvalue weighted by molar-refractivity contribution is 0.0766. The van der Waals surface area contributed by atoms with Crippen LogP contribution in [0.4, 0.5) is 0 Å². The number of ether oxygens (including phenoxy) is 3. The molecule has 0 spiro atoms. The van der Waals surface area contributed by atoms with E-state index in [0.717, 1.165) is 63.4 Å². The van der Waals surface area contributed by atoms with E-state index in [9.17, 15) is 0 Å². The van der Waals surface area contributed by atoms with Gasteiger partial charge in [0.1, 0.15) is 5.69 Å². The highest BCUT2D eigenvalue weighted by Crippen LogP contribution is 2.36. The Kier molecular flexibility index (Phi) is 6.07. The van der Waals surface area contributed by atoms with Crippen LogP contribution >= 0.6 is 0 Å². The fraction of sp³-hybridized carbons (Fsp3) is 0.650. The predicted molar refractivity (Wildman–Crippen MR) is 101 cm³/mol. The van der Waals surface area contributed by atoms with Crippen molar-refractivity contribution in [3.8, 4) is 11.5 Å². The zero-order chi connectivity index (χ0) is 19.3. The molecule has 2 aromatic heterocycles. The minimum atomic E-state index is 0.104. The molecule has 0 aliphatic carbocycles. The van der Waals surface area contributed by atoms with Crippen LogP contribution in [0.25, 0.3) is 0 Å². The second kappa shape index (κ2) is 8.87. The topological polar surface area (TPSA) is 82.7 Å². The van der Waals surface area contributed by atoms with E-state index in [1.807, 2.05) is 6.07 Å². The second-order valence-corrected chi connectivity index (χ2v) is 7.34. The van der Waals surface area contributed by atoms with Crippen molar-refractivity contribution in [3.05, 3.63) is 29.7 Å². The maximum Gasteiger partial charge on any atom is 0.233 e. The van der Waals surface area contributed by atoms with Gasteiger partial charge in [-0.05, 0) is 32.2 Å². The molecule has 0 amide bonds. The molecule has 2 aliphatic rings. The van der Waals surface area contributed by atoms with Gasteiger partial charge in [-0.3, -0.25) is 9.88 Å². The van der Waals surface area contributed by atoms with Crippen LogP contribution < -0.4 is 9.47 Å². The van der Waals surface area contributed by atoms with Crippen molar-refractivity contribution in [2.45, 2.75) is 50.6 Å². The molecular formula is C20H28N4O4. The highest BCUT2D eigenvalue weighted by Gasteiger charge is 2.31. The highest BCUT2D eigenvalue weighted by molar-refractivity contribution is 5.42. The number of hydrogen-bond donors (Lipinski definition) is 0. The molecule has 152 valence electrons. The van der Waals surface area contributed by atoms with Gasteiger partial charge in [0.15, 0.2) is 11.5 Å². The van der Waals surface area contributed by atoms with Crippen LogP contribution in [0.3, 0.4) is 0 Å². The van der Waals surface area contributed by atoms with E-state index in [1.54, 1.807) is 20.4 Å². The van der Waals surface area contributed by atoms with Gasteiger partial charge in [0, 0.05) is 37.9 Å². The van der Waals surface area contributed by atoms with E-state index in [-0.39, 0.29) is 6.04 Å². The molecule has 2 aliphatic heterocycles. The maximum atomic E-state index is 6.14. The molecule has 2 fully saturated rings. The first-order valence-electron chi connectivity index (χ1n) is 10.0. The molecule has 0 bridgehead atoms. The summed E-state index contributed by atoms with van der Waals surface area (Å²) in [5, 5.41) is 8.77.